The van der Waals surface area contributed by atoms with Crippen LogP contribution in [0.4, 0.5) is 0 Å². The van der Waals surface area contributed by atoms with E-state index in [1.807, 2.05) is 42.5 Å². The summed E-state index contributed by atoms with van der Waals surface area (Å²) < 4.78 is 5.48. The summed E-state index contributed by atoms with van der Waals surface area (Å²) >= 11 is 0. The van der Waals surface area contributed by atoms with Gasteiger partial charge in [-0.3, -0.25) is 0 Å². The molecule has 1 atom stereocenters. The molecular formula is C23H21FeOP-6. The Morgan fingerprint density at radius 3 is 2.04 bits per heavy atom. The predicted molar refractivity (Wildman–Crippen MR) is 110 cm³/mol. The Hall–Kier alpha value is -2.11. The number of rotatable bonds is 4. The van der Waals surface area contributed by atoms with Crippen LogP contribution in [0.5, 0.6) is 5.75 Å². The molecule has 0 aliphatic heterocycles. The first-order chi connectivity index (χ1) is 12.4. The van der Waals surface area contributed by atoms with E-state index in [1.165, 1.54) is 21.7 Å². The molecule has 26 heavy (non-hydrogen) atoms. The van der Waals surface area contributed by atoms with Crippen LogP contribution in [0.25, 0.3) is 11.1 Å². The molecule has 1 nitrogen and oxygen atoms in total. The molecule has 0 fully saturated rings. The summed E-state index contributed by atoms with van der Waals surface area (Å²) in [7, 11) is 2.39. The van der Waals surface area contributed by atoms with Crippen molar-refractivity contribution >= 4 is 19.2 Å². The normalized spacial score (nSPS) is 10.0. The van der Waals surface area contributed by atoms with Gasteiger partial charge in [-0.25, -0.2) is 0 Å². The van der Waals surface area contributed by atoms with Crippen LogP contribution >= 0.6 is 8.58 Å². The van der Waals surface area contributed by atoms with Crippen molar-refractivity contribution in [2.45, 2.75) is 0 Å². The average Bonchev–Trinajstić information content (AvgIpc) is 3.38. The minimum absolute atomic E-state index is 0. The molecule has 0 spiro atoms. The van der Waals surface area contributed by atoms with Crippen LogP contribution in [0.2, 0.25) is 0 Å². The van der Waals surface area contributed by atoms with E-state index < -0.39 is 0 Å². The molecule has 0 radical (unpaired) electrons. The fourth-order valence-electron chi connectivity index (χ4n) is 2.63. The molecule has 138 valence electrons. The molecule has 0 saturated carbocycles. The van der Waals surface area contributed by atoms with E-state index in [1.54, 1.807) is 7.11 Å². The van der Waals surface area contributed by atoms with Crippen molar-refractivity contribution in [3.05, 3.63) is 103 Å². The smallest absolute Gasteiger partial charge is 0.0673 e. The summed E-state index contributed by atoms with van der Waals surface area (Å²) in [6.45, 7) is 0. The van der Waals surface area contributed by atoms with Gasteiger partial charge in [-0.2, -0.15) is 6.07 Å². The maximum atomic E-state index is 5.48. The molecule has 0 aliphatic rings. The number of hydrogen-bond acceptors (Lipinski definition) is 1. The average molecular weight is 400 g/mol. The minimum Gasteiger partial charge on any atom is -0.748 e. The Kier molecular flexibility index (Phi) is 8.38. The van der Waals surface area contributed by atoms with Gasteiger partial charge in [-0.1, -0.05) is 73.5 Å². The van der Waals surface area contributed by atoms with Crippen LogP contribution in [0.3, 0.4) is 0 Å². The SMILES string of the molecule is COc1ccccc1-[c-]1cccc1Pc1ccccc1.[Fe].[cH-]1[cH-][cH-][cH-][cH-]1. The second-order valence-electron chi connectivity index (χ2n) is 5.51. The number of methoxy groups -OCH3 is 1. The molecule has 0 heterocycles. The molecule has 3 heteroatoms. The summed E-state index contributed by atoms with van der Waals surface area (Å²) in [4.78, 5) is 0. The van der Waals surface area contributed by atoms with E-state index >= 15 is 0 Å². The van der Waals surface area contributed by atoms with Gasteiger partial charge in [0.2, 0.25) is 0 Å². The first-order valence-electron chi connectivity index (χ1n) is 8.26. The minimum atomic E-state index is 0. The van der Waals surface area contributed by atoms with Crippen LogP contribution in [0.15, 0.2) is 103 Å². The van der Waals surface area contributed by atoms with E-state index in [4.69, 9.17) is 4.74 Å². The summed E-state index contributed by atoms with van der Waals surface area (Å²) in [6.07, 6.45) is 0. The second-order valence-corrected chi connectivity index (χ2v) is 6.87. The molecule has 4 aromatic rings. The van der Waals surface area contributed by atoms with Gasteiger partial charge in [0.05, 0.1) is 12.9 Å². The molecule has 0 N–H and O–H groups in total. The summed E-state index contributed by atoms with van der Waals surface area (Å²) in [5.41, 5.74) is 2.43. The quantitative estimate of drug-likeness (QED) is 0.263. The van der Waals surface area contributed by atoms with Gasteiger partial charge in [-0.15, -0.1) is 18.2 Å². The Morgan fingerprint density at radius 1 is 0.769 bits per heavy atom. The molecule has 0 bridgehead atoms. The number of hydrogen-bond donors (Lipinski definition) is 0. The fourth-order valence-corrected chi connectivity index (χ4v) is 3.83. The summed E-state index contributed by atoms with van der Waals surface area (Å²) in [5, 5.41) is 2.72. The molecular weight excluding hydrogens is 379 g/mol. The fraction of sp³-hybridized carbons (Fsp3) is 0.0435. The topological polar surface area (TPSA) is 9.23 Å². The van der Waals surface area contributed by atoms with E-state index in [0.717, 1.165) is 5.75 Å². The third-order valence-corrected chi connectivity index (χ3v) is 5.15. The summed E-state index contributed by atoms with van der Waals surface area (Å²) in [6, 6.07) is 35.3. The number of ether oxygens (including phenoxy) is 1. The molecule has 0 saturated heterocycles. The monoisotopic (exact) mass is 400 g/mol. The maximum absolute atomic E-state index is 5.48. The van der Waals surface area contributed by atoms with Crippen molar-refractivity contribution in [2.75, 3.05) is 7.11 Å². The van der Waals surface area contributed by atoms with Gasteiger partial charge >= 0.3 is 0 Å². The molecule has 4 rings (SSSR count). The predicted octanol–water partition coefficient (Wildman–Crippen LogP) is 5.11. The van der Waals surface area contributed by atoms with Gasteiger partial charge in [-0.05, 0) is 5.30 Å². The molecule has 0 amide bonds. The largest absolute Gasteiger partial charge is 0.748 e. The van der Waals surface area contributed by atoms with Crippen molar-refractivity contribution in [3.8, 4) is 16.9 Å². The van der Waals surface area contributed by atoms with Crippen LogP contribution in [-0.2, 0) is 17.1 Å². The van der Waals surface area contributed by atoms with E-state index in [-0.39, 0.29) is 17.1 Å². The molecule has 0 aromatic heterocycles. The van der Waals surface area contributed by atoms with Gasteiger partial charge in [0.1, 0.15) is 0 Å². The zero-order valence-electron chi connectivity index (χ0n) is 14.6. The first-order valence-corrected chi connectivity index (χ1v) is 9.26. The van der Waals surface area contributed by atoms with E-state index in [2.05, 4.69) is 60.7 Å². The third-order valence-electron chi connectivity index (χ3n) is 3.82. The summed E-state index contributed by atoms with van der Waals surface area (Å²) in [5.74, 6) is 0.929. The van der Waals surface area contributed by atoms with Gasteiger partial charge < -0.3 is 35.1 Å². The van der Waals surface area contributed by atoms with Gasteiger partial charge in [0.15, 0.2) is 0 Å². The van der Waals surface area contributed by atoms with Crippen molar-refractivity contribution in [2.24, 2.45) is 0 Å². The Balaban J connectivity index is 0.000000351. The van der Waals surface area contributed by atoms with E-state index in [9.17, 15) is 0 Å². The van der Waals surface area contributed by atoms with Crippen molar-refractivity contribution in [3.63, 3.8) is 0 Å². The molecule has 0 aliphatic carbocycles. The van der Waals surface area contributed by atoms with Crippen molar-refractivity contribution in [1.29, 1.82) is 0 Å². The zero-order chi connectivity index (χ0) is 17.3. The number of benzene rings is 2. The van der Waals surface area contributed by atoms with Crippen molar-refractivity contribution in [1.82, 2.24) is 0 Å². The molecule has 4 aromatic carbocycles. The Labute approximate surface area is 168 Å². The third kappa shape index (κ3) is 5.44. The van der Waals surface area contributed by atoms with Gasteiger partial charge in [0, 0.05) is 17.1 Å². The standard InChI is InChI=1S/C18H16OP.C5H5.Fe/c1-19-17-12-6-5-10-15(17)16-11-7-13-18(16)20-14-8-3-2-4-9-14;1-2-4-5-3-1;/h2-13,20H,1H3;1-5H;/q-1;-5;. The zero-order valence-corrected chi connectivity index (χ0v) is 16.7. The maximum Gasteiger partial charge on any atom is 0.0673 e. The Morgan fingerprint density at radius 2 is 1.38 bits per heavy atom. The first kappa shape index (κ1) is 20.2. The van der Waals surface area contributed by atoms with Gasteiger partial charge in [0.25, 0.3) is 0 Å². The van der Waals surface area contributed by atoms with Crippen LogP contribution in [-0.4, -0.2) is 7.11 Å². The second kappa shape index (κ2) is 10.8. The van der Waals surface area contributed by atoms with Crippen molar-refractivity contribution < 1.29 is 21.8 Å². The van der Waals surface area contributed by atoms with E-state index in [0.29, 0.717) is 8.58 Å². The van der Waals surface area contributed by atoms with Crippen LogP contribution in [0, 0.1) is 0 Å². The molecule has 1 unspecified atom stereocenters. The Bertz CT molecular complexity index is 849. The van der Waals surface area contributed by atoms with Crippen LogP contribution < -0.4 is 15.3 Å². The van der Waals surface area contributed by atoms with Crippen LogP contribution in [0.1, 0.15) is 0 Å². The number of para-hydroxylation sites is 1.